The minimum absolute atomic E-state index is 0.263. The van der Waals surface area contributed by atoms with E-state index in [2.05, 4.69) is 15.8 Å². The molecule has 36 heavy (non-hydrogen) atoms. The molecule has 0 saturated carbocycles. The standard InChI is InChI=1S/C28H23N3O5/c1-18-7-5-9-20(15-18)28(34)36-25-14-13-19-8-3-4-12-23(19)24(25)17-29-31-27(33)26(32)30-21-10-6-11-22(16-21)35-2/h3-17H,1-2H3,(H,30,32)(H,31,33). The number of hydrazone groups is 1. The molecule has 8 heteroatoms. The maximum Gasteiger partial charge on any atom is 0.343 e. The van der Waals surface area contributed by atoms with E-state index >= 15 is 0 Å². The van der Waals surface area contributed by atoms with E-state index < -0.39 is 17.8 Å². The Labute approximate surface area is 207 Å². The van der Waals surface area contributed by atoms with Crippen molar-refractivity contribution in [3.05, 3.63) is 102 Å². The normalized spacial score (nSPS) is 10.7. The van der Waals surface area contributed by atoms with Crippen molar-refractivity contribution in [3.8, 4) is 11.5 Å². The van der Waals surface area contributed by atoms with E-state index in [9.17, 15) is 14.4 Å². The minimum Gasteiger partial charge on any atom is -0.497 e. The molecule has 0 saturated heterocycles. The van der Waals surface area contributed by atoms with E-state index in [1.54, 1.807) is 48.5 Å². The quantitative estimate of drug-likeness (QED) is 0.139. The number of hydrogen-bond acceptors (Lipinski definition) is 6. The first-order valence-corrected chi connectivity index (χ1v) is 11.0. The summed E-state index contributed by atoms with van der Waals surface area (Å²) in [6.45, 7) is 1.89. The molecule has 4 aromatic carbocycles. The molecule has 0 spiro atoms. The lowest BCUT2D eigenvalue weighted by atomic mass is 10.0. The van der Waals surface area contributed by atoms with E-state index in [1.165, 1.54) is 13.3 Å². The minimum atomic E-state index is -0.965. The molecule has 8 nitrogen and oxygen atoms in total. The first-order chi connectivity index (χ1) is 17.4. The number of anilines is 1. The Hall–Kier alpha value is -4.98. The zero-order valence-corrected chi connectivity index (χ0v) is 19.6. The molecule has 0 aliphatic carbocycles. The van der Waals surface area contributed by atoms with E-state index in [-0.39, 0.29) is 5.75 Å². The molecule has 0 fully saturated rings. The number of benzene rings is 4. The van der Waals surface area contributed by atoms with Crippen LogP contribution < -0.4 is 20.2 Å². The van der Waals surface area contributed by atoms with Gasteiger partial charge in [-0.15, -0.1) is 0 Å². The molecule has 4 aromatic rings. The van der Waals surface area contributed by atoms with Gasteiger partial charge in [-0.1, -0.05) is 54.1 Å². The summed E-state index contributed by atoms with van der Waals surface area (Å²) in [6, 6.07) is 24.6. The maximum absolute atomic E-state index is 12.7. The van der Waals surface area contributed by atoms with Crippen molar-refractivity contribution in [1.29, 1.82) is 0 Å². The number of nitrogens with zero attached hydrogens (tertiary/aromatic N) is 1. The van der Waals surface area contributed by atoms with Crippen LogP contribution in [0.5, 0.6) is 11.5 Å². The Morgan fingerprint density at radius 2 is 1.67 bits per heavy atom. The third-order valence-electron chi connectivity index (χ3n) is 5.28. The van der Waals surface area contributed by atoms with Crippen LogP contribution in [0.4, 0.5) is 5.69 Å². The van der Waals surface area contributed by atoms with Crippen LogP contribution in [0.15, 0.2) is 90.0 Å². The molecular formula is C28H23N3O5. The van der Waals surface area contributed by atoms with Gasteiger partial charge in [0, 0.05) is 17.3 Å². The lowest BCUT2D eigenvalue weighted by Crippen LogP contribution is -2.32. The van der Waals surface area contributed by atoms with Crippen molar-refractivity contribution in [3.63, 3.8) is 0 Å². The van der Waals surface area contributed by atoms with E-state index in [1.807, 2.05) is 43.3 Å². The van der Waals surface area contributed by atoms with Gasteiger partial charge in [-0.3, -0.25) is 9.59 Å². The van der Waals surface area contributed by atoms with Crippen LogP contribution in [-0.2, 0) is 9.59 Å². The van der Waals surface area contributed by atoms with E-state index in [4.69, 9.17) is 9.47 Å². The lowest BCUT2D eigenvalue weighted by Gasteiger charge is -2.11. The third-order valence-corrected chi connectivity index (χ3v) is 5.28. The highest BCUT2D eigenvalue weighted by molar-refractivity contribution is 6.39. The van der Waals surface area contributed by atoms with Crippen LogP contribution in [-0.4, -0.2) is 31.1 Å². The number of nitrogens with one attached hydrogen (secondary N) is 2. The van der Waals surface area contributed by atoms with Crippen LogP contribution in [0.25, 0.3) is 10.8 Å². The monoisotopic (exact) mass is 481 g/mol. The van der Waals surface area contributed by atoms with Crippen LogP contribution in [0.3, 0.4) is 0 Å². The predicted molar refractivity (Wildman–Crippen MR) is 137 cm³/mol. The molecule has 0 heterocycles. The zero-order chi connectivity index (χ0) is 25.5. The van der Waals surface area contributed by atoms with Crippen LogP contribution in [0.1, 0.15) is 21.5 Å². The molecular weight excluding hydrogens is 458 g/mol. The number of rotatable bonds is 6. The van der Waals surface area contributed by atoms with Gasteiger partial charge in [-0.2, -0.15) is 5.10 Å². The van der Waals surface area contributed by atoms with Gasteiger partial charge in [0.1, 0.15) is 11.5 Å². The van der Waals surface area contributed by atoms with Gasteiger partial charge >= 0.3 is 17.8 Å². The number of hydrogen-bond donors (Lipinski definition) is 2. The van der Waals surface area contributed by atoms with E-state index in [0.717, 1.165) is 16.3 Å². The van der Waals surface area contributed by atoms with Crippen molar-refractivity contribution in [2.24, 2.45) is 5.10 Å². The fraction of sp³-hybridized carbons (Fsp3) is 0.0714. The Kier molecular flexibility index (Phi) is 7.36. The SMILES string of the molecule is COc1cccc(NC(=O)C(=O)NN=Cc2c(OC(=O)c3cccc(C)c3)ccc3ccccc23)c1. The first-order valence-electron chi connectivity index (χ1n) is 11.0. The maximum atomic E-state index is 12.7. The lowest BCUT2D eigenvalue weighted by molar-refractivity contribution is -0.136. The number of methoxy groups -OCH3 is 1. The highest BCUT2D eigenvalue weighted by atomic mass is 16.5. The summed E-state index contributed by atoms with van der Waals surface area (Å²) in [5, 5.41) is 8.06. The largest absolute Gasteiger partial charge is 0.497 e. The number of amides is 2. The van der Waals surface area contributed by atoms with Gasteiger partial charge in [-0.05, 0) is 48.0 Å². The highest BCUT2D eigenvalue weighted by Gasteiger charge is 2.15. The molecule has 0 unspecified atom stereocenters. The summed E-state index contributed by atoms with van der Waals surface area (Å²) in [6.07, 6.45) is 1.35. The number of carbonyl (C=O) groups is 3. The smallest absolute Gasteiger partial charge is 0.343 e. The van der Waals surface area contributed by atoms with Gasteiger partial charge in [-0.25, -0.2) is 10.2 Å². The number of carbonyl (C=O) groups excluding carboxylic acids is 3. The molecule has 4 rings (SSSR count). The summed E-state index contributed by atoms with van der Waals surface area (Å²) in [4.78, 5) is 37.3. The number of ether oxygens (including phenoxy) is 2. The van der Waals surface area contributed by atoms with Crippen LogP contribution in [0.2, 0.25) is 0 Å². The molecule has 0 atom stereocenters. The van der Waals surface area contributed by atoms with Gasteiger partial charge in [0.15, 0.2) is 0 Å². The average molecular weight is 482 g/mol. The summed E-state index contributed by atoms with van der Waals surface area (Å²) in [5.41, 5.74) is 4.43. The van der Waals surface area contributed by atoms with Crippen molar-refractivity contribution < 1.29 is 23.9 Å². The molecule has 2 N–H and O–H groups in total. The molecule has 0 aliphatic rings. The molecule has 2 amide bonds. The fourth-order valence-electron chi connectivity index (χ4n) is 3.52. The van der Waals surface area contributed by atoms with Crippen molar-refractivity contribution >= 4 is 40.5 Å². The second-order valence-corrected chi connectivity index (χ2v) is 7.84. The summed E-state index contributed by atoms with van der Waals surface area (Å²) in [5.74, 6) is -1.59. The summed E-state index contributed by atoms with van der Waals surface area (Å²) < 4.78 is 10.8. The number of fused-ring (bicyclic) bond motifs is 1. The Balaban J connectivity index is 1.53. The number of aryl methyl sites for hydroxylation is 1. The highest BCUT2D eigenvalue weighted by Crippen LogP contribution is 2.27. The van der Waals surface area contributed by atoms with Crippen LogP contribution >= 0.6 is 0 Å². The van der Waals surface area contributed by atoms with Gasteiger partial charge in [0.05, 0.1) is 18.9 Å². The van der Waals surface area contributed by atoms with Crippen LogP contribution in [0, 0.1) is 6.92 Å². The van der Waals surface area contributed by atoms with Gasteiger partial charge < -0.3 is 14.8 Å². The van der Waals surface area contributed by atoms with Gasteiger partial charge in [0.25, 0.3) is 0 Å². The molecule has 0 bridgehead atoms. The molecule has 0 aliphatic heterocycles. The first kappa shape index (κ1) is 24.2. The summed E-state index contributed by atoms with van der Waals surface area (Å²) in [7, 11) is 1.50. The van der Waals surface area contributed by atoms with Crippen molar-refractivity contribution in [2.45, 2.75) is 6.92 Å². The van der Waals surface area contributed by atoms with Crippen molar-refractivity contribution in [1.82, 2.24) is 5.43 Å². The predicted octanol–water partition coefficient (Wildman–Crippen LogP) is 4.46. The Morgan fingerprint density at radius 3 is 2.47 bits per heavy atom. The number of esters is 1. The second-order valence-electron chi connectivity index (χ2n) is 7.84. The van der Waals surface area contributed by atoms with Gasteiger partial charge in [0.2, 0.25) is 0 Å². The van der Waals surface area contributed by atoms with Crippen molar-refractivity contribution in [2.75, 3.05) is 12.4 Å². The zero-order valence-electron chi connectivity index (χ0n) is 19.6. The Morgan fingerprint density at radius 1 is 0.861 bits per heavy atom. The summed E-state index contributed by atoms with van der Waals surface area (Å²) >= 11 is 0. The topological polar surface area (TPSA) is 106 Å². The molecule has 180 valence electrons. The molecule has 0 radical (unpaired) electrons. The fourth-order valence-corrected chi connectivity index (χ4v) is 3.52. The third kappa shape index (κ3) is 5.74. The second kappa shape index (κ2) is 11.0. The average Bonchev–Trinajstić information content (AvgIpc) is 2.89. The van der Waals surface area contributed by atoms with E-state index in [0.29, 0.717) is 22.6 Å². The Bertz CT molecular complexity index is 1480. The molecule has 0 aromatic heterocycles.